The molecule has 24 heavy (non-hydrogen) atoms. The van der Waals surface area contributed by atoms with E-state index in [0.29, 0.717) is 24.5 Å². The van der Waals surface area contributed by atoms with Crippen molar-refractivity contribution in [3.63, 3.8) is 0 Å². The van der Waals surface area contributed by atoms with Crippen LogP contribution in [0.4, 0.5) is 0 Å². The van der Waals surface area contributed by atoms with Gasteiger partial charge in [-0.05, 0) is 24.6 Å². The van der Waals surface area contributed by atoms with E-state index in [1.165, 1.54) is 12.1 Å². The first-order valence-corrected chi connectivity index (χ1v) is 9.04. The Balaban J connectivity index is 1.58. The number of rotatable bonds is 4. The summed E-state index contributed by atoms with van der Waals surface area (Å²) in [7, 11) is -1.89. The predicted octanol–water partition coefficient (Wildman–Crippen LogP) is 0.957. The zero-order chi connectivity index (χ0) is 16.7. The molecule has 1 aromatic carbocycles. The maximum Gasteiger partial charge on any atom is 0.241 e. The van der Waals surface area contributed by atoms with Crippen LogP contribution >= 0.6 is 0 Å². The van der Waals surface area contributed by atoms with Crippen LogP contribution in [0.3, 0.4) is 0 Å². The Kier molecular flexibility index (Phi) is 3.70. The number of aryl methyl sites for hydroxylation is 1. The van der Waals surface area contributed by atoms with Crippen LogP contribution in [0, 0.1) is 0 Å². The molecule has 128 valence electrons. The van der Waals surface area contributed by atoms with E-state index >= 15 is 0 Å². The molecule has 9 heteroatoms. The Morgan fingerprint density at radius 2 is 2.08 bits per heavy atom. The van der Waals surface area contributed by atoms with E-state index in [1.54, 1.807) is 24.0 Å². The van der Waals surface area contributed by atoms with Crippen LogP contribution in [0.15, 0.2) is 35.4 Å². The topological polar surface area (TPSA) is 91.7 Å². The molecule has 1 saturated heterocycles. The van der Waals surface area contributed by atoms with Crippen molar-refractivity contribution in [2.75, 3.05) is 13.4 Å². The van der Waals surface area contributed by atoms with Gasteiger partial charge in [0.25, 0.3) is 0 Å². The molecule has 4 rings (SSSR count). The Morgan fingerprint density at radius 3 is 2.88 bits per heavy atom. The first kappa shape index (κ1) is 15.4. The lowest BCUT2D eigenvalue weighted by atomic mass is 10.1. The van der Waals surface area contributed by atoms with Gasteiger partial charge in [0.2, 0.25) is 16.8 Å². The third kappa shape index (κ3) is 2.64. The zero-order valence-corrected chi connectivity index (χ0v) is 13.8. The SMILES string of the molecule is Cn1nccc1[C@H]1OCC[C@@H]1NS(=O)(=O)c1ccc2c(c1)OCO2. The number of aromatic nitrogens is 2. The molecular weight excluding hydrogens is 334 g/mol. The molecule has 0 saturated carbocycles. The number of hydrogen-bond donors (Lipinski definition) is 1. The summed E-state index contributed by atoms with van der Waals surface area (Å²) >= 11 is 0. The van der Waals surface area contributed by atoms with Gasteiger partial charge < -0.3 is 14.2 Å². The summed E-state index contributed by atoms with van der Waals surface area (Å²) < 4.78 is 46.0. The van der Waals surface area contributed by atoms with Crippen molar-refractivity contribution in [1.82, 2.24) is 14.5 Å². The highest BCUT2D eigenvalue weighted by atomic mass is 32.2. The quantitative estimate of drug-likeness (QED) is 0.882. The summed E-state index contributed by atoms with van der Waals surface area (Å²) in [6.45, 7) is 0.593. The van der Waals surface area contributed by atoms with Crippen LogP contribution in [-0.4, -0.2) is 37.6 Å². The summed E-state index contributed by atoms with van der Waals surface area (Å²) in [5.74, 6) is 0.981. The van der Waals surface area contributed by atoms with Crippen molar-refractivity contribution in [1.29, 1.82) is 0 Å². The minimum Gasteiger partial charge on any atom is -0.454 e. The van der Waals surface area contributed by atoms with Crippen LogP contribution < -0.4 is 14.2 Å². The molecule has 0 amide bonds. The molecule has 2 aliphatic rings. The lowest BCUT2D eigenvalue weighted by Crippen LogP contribution is -2.37. The molecule has 8 nitrogen and oxygen atoms in total. The van der Waals surface area contributed by atoms with Crippen LogP contribution in [0.1, 0.15) is 18.2 Å². The largest absolute Gasteiger partial charge is 0.454 e. The molecule has 2 aromatic rings. The summed E-state index contributed by atoms with van der Waals surface area (Å²) in [4.78, 5) is 0.141. The zero-order valence-electron chi connectivity index (χ0n) is 13.0. The van der Waals surface area contributed by atoms with Gasteiger partial charge in [-0.1, -0.05) is 0 Å². The van der Waals surface area contributed by atoms with E-state index in [4.69, 9.17) is 14.2 Å². The molecule has 0 spiro atoms. The van der Waals surface area contributed by atoms with E-state index < -0.39 is 10.0 Å². The van der Waals surface area contributed by atoms with Gasteiger partial charge in [-0.2, -0.15) is 5.10 Å². The van der Waals surface area contributed by atoms with E-state index in [1.807, 2.05) is 6.07 Å². The van der Waals surface area contributed by atoms with Crippen LogP contribution in [-0.2, 0) is 21.8 Å². The van der Waals surface area contributed by atoms with Gasteiger partial charge in [0.15, 0.2) is 11.5 Å². The van der Waals surface area contributed by atoms with Gasteiger partial charge in [-0.3, -0.25) is 4.68 Å². The smallest absolute Gasteiger partial charge is 0.241 e. The fraction of sp³-hybridized carbons (Fsp3) is 0.400. The van der Waals surface area contributed by atoms with Gasteiger partial charge in [0, 0.05) is 25.9 Å². The predicted molar refractivity (Wildman–Crippen MR) is 83.2 cm³/mol. The van der Waals surface area contributed by atoms with Crippen molar-refractivity contribution in [2.24, 2.45) is 7.05 Å². The Labute approximate surface area is 139 Å². The minimum atomic E-state index is -3.70. The third-order valence-corrected chi connectivity index (χ3v) is 5.69. The summed E-state index contributed by atoms with van der Waals surface area (Å²) in [6, 6.07) is 6.05. The molecule has 0 aliphatic carbocycles. The number of nitrogens with one attached hydrogen (secondary N) is 1. The summed E-state index contributed by atoms with van der Waals surface area (Å²) in [5, 5.41) is 4.12. The molecule has 2 aliphatic heterocycles. The number of fused-ring (bicyclic) bond motifs is 1. The number of hydrogen-bond acceptors (Lipinski definition) is 6. The lowest BCUT2D eigenvalue weighted by molar-refractivity contribution is 0.0959. The van der Waals surface area contributed by atoms with Crippen molar-refractivity contribution >= 4 is 10.0 Å². The highest BCUT2D eigenvalue weighted by molar-refractivity contribution is 7.89. The fourth-order valence-electron chi connectivity index (χ4n) is 2.98. The van der Waals surface area contributed by atoms with E-state index in [0.717, 1.165) is 5.69 Å². The molecule has 0 bridgehead atoms. The van der Waals surface area contributed by atoms with Crippen molar-refractivity contribution in [3.8, 4) is 11.5 Å². The highest BCUT2D eigenvalue weighted by Gasteiger charge is 2.35. The monoisotopic (exact) mass is 351 g/mol. The number of sulfonamides is 1. The van der Waals surface area contributed by atoms with Crippen LogP contribution in [0.2, 0.25) is 0 Å². The second-order valence-electron chi connectivity index (χ2n) is 5.70. The molecular formula is C15H17N3O5S. The van der Waals surface area contributed by atoms with Gasteiger partial charge >= 0.3 is 0 Å². The average Bonchev–Trinajstić information content (AvgIpc) is 3.26. The normalized spacial score (nSPS) is 22.9. The molecule has 1 N–H and O–H groups in total. The maximum absolute atomic E-state index is 12.7. The van der Waals surface area contributed by atoms with Gasteiger partial charge in [0.05, 0.1) is 16.6 Å². The molecule has 1 fully saturated rings. The highest BCUT2D eigenvalue weighted by Crippen LogP contribution is 2.35. The standard InChI is InChI=1S/C15H17N3O5S/c1-18-12(4-6-16-18)15-11(5-7-21-15)17-24(19,20)10-2-3-13-14(8-10)23-9-22-13/h2-4,6,8,11,15,17H,5,7,9H2,1H3/t11-,15-/m0/s1. The second-order valence-corrected chi connectivity index (χ2v) is 7.42. The lowest BCUT2D eigenvalue weighted by Gasteiger charge is -2.20. The van der Waals surface area contributed by atoms with Gasteiger partial charge in [0.1, 0.15) is 6.10 Å². The van der Waals surface area contributed by atoms with E-state index in [9.17, 15) is 8.42 Å². The molecule has 1 aromatic heterocycles. The second kappa shape index (κ2) is 5.76. The van der Waals surface area contributed by atoms with Crippen molar-refractivity contribution in [2.45, 2.75) is 23.5 Å². The average molecular weight is 351 g/mol. The third-order valence-electron chi connectivity index (χ3n) is 4.20. The van der Waals surface area contributed by atoms with E-state index in [-0.39, 0.29) is 23.8 Å². The first-order chi connectivity index (χ1) is 11.5. The van der Waals surface area contributed by atoms with E-state index in [2.05, 4.69) is 9.82 Å². The molecule has 0 unspecified atom stereocenters. The van der Waals surface area contributed by atoms with Gasteiger partial charge in [-0.25, -0.2) is 13.1 Å². The molecule has 3 heterocycles. The van der Waals surface area contributed by atoms with Crippen LogP contribution in [0.5, 0.6) is 11.5 Å². The fourth-order valence-corrected chi connectivity index (χ4v) is 4.26. The number of nitrogens with zero attached hydrogens (tertiary/aromatic N) is 2. The number of benzene rings is 1. The number of ether oxygens (including phenoxy) is 3. The van der Waals surface area contributed by atoms with Crippen molar-refractivity contribution in [3.05, 3.63) is 36.2 Å². The summed E-state index contributed by atoms with van der Waals surface area (Å²) in [5.41, 5.74) is 0.839. The molecule has 0 radical (unpaired) electrons. The Morgan fingerprint density at radius 1 is 1.25 bits per heavy atom. The van der Waals surface area contributed by atoms with Crippen LogP contribution in [0.25, 0.3) is 0 Å². The molecule has 2 atom stereocenters. The summed E-state index contributed by atoms with van der Waals surface area (Å²) in [6.07, 6.45) is 1.90. The van der Waals surface area contributed by atoms with Crippen molar-refractivity contribution < 1.29 is 22.6 Å². The Bertz CT molecular complexity index is 864. The minimum absolute atomic E-state index is 0.102. The first-order valence-electron chi connectivity index (χ1n) is 7.56. The van der Waals surface area contributed by atoms with Gasteiger partial charge in [-0.15, -0.1) is 0 Å². The Hall–Kier alpha value is -2.10. The maximum atomic E-state index is 12.7.